The van der Waals surface area contributed by atoms with Crippen molar-refractivity contribution < 1.29 is 8.83 Å². The maximum Gasteiger partial charge on any atom is 0.139 e. The Labute approximate surface area is 96.4 Å². The number of furan rings is 2. The quantitative estimate of drug-likeness (QED) is 0.931. The molecule has 0 saturated heterocycles. The van der Waals surface area contributed by atoms with Crippen molar-refractivity contribution in [3.63, 3.8) is 0 Å². The molecule has 2 aromatic rings. The summed E-state index contributed by atoms with van der Waals surface area (Å²) in [6.45, 7) is 2.03. The zero-order chi connectivity index (χ0) is 10.8. The first-order chi connectivity index (χ1) is 7.24. The van der Waals surface area contributed by atoms with E-state index in [0.29, 0.717) is 0 Å². The lowest BCUT2D eigenvalue weighted by Gasteiger charge is -2.08. The Morgan fingerprint density at radius 3 is 2.67 bits per heavy atom. The minimum Gasteiger partial charge on any atom is -0.469 e. The van der Waals surface area contributed by atoms with Crippen molar-refractivity contribution in [1.29, 1.82) is 0 Å². The average Bonchev–Trinajstić information content (AvgIpc) is 2.84. The zero-order valence-corrected chi connectivity index (χ0v) is 9.95. The van der Waals surface area contributed by atoms with Gasteiger partial charge in [0.15, 0.2) is 0 Å². The summed E-state index contributed by atoms with van der Waals surface area (Å²) in [7, 11) is 0. The molecule has 2 N–H and O–H groups in total. The first-order valence-electron chi connectivity index (χ1n) is 4.78. The zero-order valence-electron chi connectivity index (χ0n) is 8.37. The predicted octanol–water partition coefficient (Wildman–Crippen LogP) is 3.25. The second kappa shape index (κ2) is 4.24. The molecule has 0 radical (unpaired) electrons. The first kappa shape index (κ1) is 10.5. The van der Waals surface area contributed by atoms with Gasteiger partial charge < -0.3 is 14.6 Å². The number of hydrogen-bond donors (Lipinski definition) is 1. The molecule has 1 unspecified atom stereocenters. The van der Waals surface area contributed by atoms with E-state index in [4.69, 9.17) is 14.6 Å². The molecular weight excluding hydrogens is 258 g/mol. The monoisotopic (exact) mass is 269 g/mol. The van der Waals surface area contributed by atoms with Crippen LogP contribution in [0.1, 0.15) is 30.0 Å². The molecule has 3 nitrogen and oxygen atoms in total. The van der Waals surface area contributed by atoms with Crippen molar-refractivity contribution in [3.05, 3.63) is 46.2 Å². The number of rotatable bonds is 3. The lowest BCUT2D eigenvalue weighted by Crippen LogP contribution is -2.12. The molecule has 0 bridgehead atoms. The van der Waals surface area contributed by atoms with E-state index in [1.54, 1.807) is 12.5 Å². The molecule has 2 rings (SSSR count). The molecule has 0 fully saturated rings. The molecular formula is C11H12BrNO2. The van der Waals surface area contributed by atoms with E-state index >= 15 is 0 Å². The van der Waals surface area contributed by atoms with Crippen LogP contribution < -0.4 is 5.73 Å². The molecule has 4 heteroatoms. The van der Waals surface area contributed by atoms with Crippen molar-refractivity contribution in [1.82, 2.24) is 0 Å². The number of hydrogen-bond acceptors (Lipinski definition) is 3. The van der Waals surface area contributed by atoms with Crippen LogP contribution in [0.5, 0.6) is 0 Å². The van der Waals surface area contributed by atoms with E-state index in [1.807, 2.05) is 19.1 Å². The fraction of sp³-hybridized carbons (Fsp3) is 0.273. The van der Waals surface area contributed by atoms with Gasteiger partial charge in [-0.2, -0.15) is 0 Å². The van der Waals surface area contributed by atoms with Gasteiger partial charge in [-0.05, 0) is 28.1 Å². The van der Waals surface area contributed by atoms with Crippen molar-refractivity contribution in [3.8, 4) is 0 Å². The van der Waals surface area contributed by atoms with Crippen LogP contribution in [0.25, 0.3) is 0 Å². The van der Waals surface area contributed by atoms with E-state index in [2.05, 4.69) is 15.9 Å². The van der Waals surface area contributed by atoms with Gasteiger partial charge >= 0.3 is 0 Å². The summed E-state index contributed by atoms with van der Waals surface area (Å²) < 4.78 is 11.6. The van der Waals surface area contributed by atoms with Gasteiger partial charge in [-0.25, -0.2) is 0 Å². The maximum absolute atomic E-state index is 6.10. The standard InChI is InChI=1S/C11H12BrNO2/c1-2-9-7(3-5-14-9)10(13)11-8(12)4-6-15-11/h3-6,10H,2,13H2,1H3. The van der Waals surface area contributed by atoms with Gasteiger partial charge in [0.25, 0.3) is 0 Å². The highest BCUT2D eigenvalue weighted by atomic mass is 79.9. The Hall–Kier alpha value is -1.00. The van der Waals surface area contributed by atoms with Gasteiger partial charge in [-0.1, -0.05) is 6.92 Å². The molecule has 0 aliphatic carbocycles. The molecule has 0 aliphatic rings. The molecule has 0 aliphatic heterocycles. The summed E-state index contributed by atoms with van der Waals surface area (Å²) in [4.78, 5) is 0. The van der Waals surface area contributed by atoms with Crippen molar-refractivity contribution >= 4 is 15.9 Å². The van der Waals surface area contributed by atoms with E-state index in [9.17, 15) is 0 Å². The van der Waals surface area contributed by atoms with Crippen LogP contribution in [-0.4, -0.2) is 0 Å². The molecule has 0 saturated carbocycles. The average molecular weight is 270 g/mol. The third kappa shape index (κ3) is 1.87. The third-order valence-corrected chi connectivity index (χ3v) is 3.02. The molecule has 2 aromatic heterocycles. The van der Waals surface area contributed by atoms with Gasteiger partial charge in [0.05, 0.1) is 23.0 Å². The highest BCUT2D eigenvalue weighted by Crippen LogP contribution is 2.30. The Morgan fingerprint density at radius 2 is 2.07 bits per heavy atom. The van der Waals surface area contributed by atoms with Gasteiger partial charge in [0.1, 0.15) is 11.5 Å². The number of nitrogens with two attached hydrogens (primary N) is 1. The van der Waals surface area contributed by atoms with Crippen LogP contribution in [0.15, 0.2) is 38.0 Å². The summed E-state index contributed by atoms with van der Waals surface area (Å²) in [5.74, 6) is 1.64. The van der Waals surface area contributed by atoms with Crippen LogP contribution in [0.4, 0.5) is 0 Å². The largest absolute Gasteiger partial charge is 0.469 e. The lowest BCUT2D eigenvalue weighted by molar-refractivity contribution is 0.474. The fourth-order valence-electron chi connectivity index (χ4n) is 1.58. The topological polar surface area (TPSA) is 52.3 Å². The van der Waals surface area contributed by atoms with Crippen molar-refractivity contribution in [2.75, 3.05) is 0 Å². The normalized spacial score (nSPS) is 13.0. The second-order valence-corrected chi connectivity index (χ2v) is 4.12. The van der Waals surface area contributed by atoms with E-state index in [-0.39, 0.29) is 6.04 Å². The molecule has 15 heavy (non-hydrogen) atoms. The lowest BCUT2D eigenvalue weighted by atomic mass is 10.1. The third-order valence-electron chi connectivity index (χ3n) is 2.36. The second-order valence-electron chi connectivity index (χ2n) is 3.26. The Bertz CT molecular complexity index is 447. The van der Waals surface area contributed by atoms with E-state index in [0.717, 1.165) is 28.0 Å². The molecule has 80 valence electrons. The smallest absolute Gasteiger partial charge is 0.139 e. The number of aryl methyl sites for hydroxylation is 1. The van der Waals surface area contributed by atoms with Crippen LogP contribution >= 0.6 is 15.9 Å². The molecule has 2 heterocycles. The fourth-order valence-corrected chi connectivity index (χ4v) is 2.03. The van der Waals surface area contributed by atoms with Gasteiger partial charge in [0, 0.05) is 12.0 Å². The molecule has 0 spiro atoms. The van der Waals surface area contributed by atoms with Crippen molar-refractivity contribution in [2.24, 2.45) is 5.73 Å². The summed E-state index contributed by atoms with van der Waals surface area (Å²) in [6, 6.07) is 3.45. The Balaban J connectivity index is 2.36. The van der Waals surface area contributed by atoms with Crippen LogP contribution in [0.3, 0.4) is 0 Å². The maximum atomic E-state index is 6.10. The van der Waals surface area contributed by atoms with Gasteiger partial charge in [0.2, 0.25) is 0 Å². The minimum absolute atomic E-state index is 0.275. The van der Waals surface area contributed by atoms with Crippen LogP contribution in [0.2, 0.25) is 0 Å². The Morgan fingerprint density at radius 1 is 1.33 bits per heavy atom. The minimum atomic E-state index is -0.275. The summed E-state index contributed by atoms with van der Waals surface area (Å²) >= 11 is 3.39. The highest BCUT2D eigenvalue weighted by Gasteiger charge is 2.19. The number of halogens is 1. The van der Waals surface area contributed by atoms with Crippen LogP contribution in [0, 0.1) is 0 Å². The molecule has 0 aromatic carbocycles. The SMILES string of the molecule is CCc1occc1C(N)c1occc1Br. The first-order valence-corrected chi connectivity index (χ1v) is 5.58. The molecule has 0 amide bonds. The summed E-state index contributed by atoms with van der Waals surface area (Å²) in [6.07, 6.45) is 4.10. The van der Waals surface area contributed by atoms with Gasteiger partial charge in [-0.3, -0.25) is 0 Å². The summed E-state index contributed by atoms with van der Waals surface area (Å²) in [5, 5.41) is 0. The summed E-state index contributed by atoms with van der Waals surface area (Å²) in [5.41, 5.74) is 7.08. The van der Waals surface area contributed by atoms with Crippen molar-refractivity contribution in [2.45, 2.75) is 19.4 Å². The molecule has 1 atom stereocenters. The van der Waals surface area contributed by atoms with E-state index in [1.165, 1.54) is 0 Å². The Kier molecular flexibility index (Phi) is 2.98. The highest BCUT2D eigenvalue weighted by molar-refractivity contribution is 9.10. The van der Waals surface area contributed by atoms with Gasteiger partial charge in [-0.15, -0.1) is 0 Å². The van der Waals surface area contributed by atoms with E-state index < -0.39 is 0 Å². The van der Waals surface area contributed by atoms with Crippen LogP contribution in [-0.2, 0) is 6.42 Å². The predicted molar refractivity (Wildman–Crippen MR) is 60.5 cm³/mol.